The highest BCUT2D eigenvalue weighted by Gasteiger charge is 2.34. The van der Waals surface area contributed by atoms with Crippen LogP contribution in [-0.4, -0.2) is 50.5 Å². The van der Waals surface area contributed by atoms with E-state index in [0.29, 0.717) is 18.7 Å². The first kappa shape index (κ1) is 16.9. The van der Waals surface area contributed by atoms with Crippen molar-refractivity contribution in [1.29, 1.82) is 0 Å². The molecule has 0 bridgehead atoms. The van der Waals surface area contributed by atoms with E-state index in [2.05, 4.69) is 5.32 Å². The zero-order valence-corrected chi connectivity index (χ0v) is 13.9. The van der Waals surface area contributed by atoms with E-state index in [0.717, 1.165) is 0 Å². The van der Waals surface area contributed by atoms with Gasteiger partial charge in [-0.25, -0.2) is 13.2 Å². The normalized spacial score (nSPS) is 23.2. The Balaban J connectivity index is 2.24. The summed E-state index contributed by atoms with van der Waals surface area (Å²) < 4.78 is 31.9. The van der Waals surface area contributed by atoms with Gasteiger partial charge in [0.05, 0.1) is 17.1 Å². The lowest BCUT2D eigenvalue weighted by Gasteiger charge is -2.37. The molecule has 2 unspecified atom stereocenters. The zero-order chi connectivity index (χ0) is 16.3. The van der Waals surface area contributed by atoms with E-state index < -0.39 is 16.0 Å². The van der Waals surface area contributed by atoms with Crippen LogP contribution in [0.15, 0.2) is 29.2 Å². The first-order valence-electron chi connectivity index (χ1n) is 7.40. The van der Waals surface area contributed by atoms with E-state index in [1.807, 2.05) is 13.8 Å². The van der Waals surface area contributed by atoms with Crippen LogP contribution in [0.3, 0.4) is 0 Å². The van der Waals surface area contributed by atoms with Gasteiger partial charge in [0.15, 0.2) is 0 Å². The van der Waals surface area contributed by atoms with Crippen molar-refractivity contribution in [1.82, 2.24) is 9.62 Å². The number of sulfonamides is 1. The number of carbonyl (C=O) groups is 1. The average Bonchev–Trinajstić information content (AvgIpc) is 2.50. The van der Waals surface area contributed by atoms with E-state index in [9.17, 15) is 13.2 Å². The Hall–Kier alpha value is -1.44. The van der Waals surface area contributed by atoms with E-state index in [4.69, 9.17) is 4.74 Å². The quantitative estimate of drug-likeness (QED) is 0.843. The number of nitrogens with one attached hydrogen (secondary N) is 1. The minimum Gasteiger partial charge on any atom is -0.462 e. The maximum atomic E-state index is 12.7. The van der Waals surface area contributed by atoms with Crippen LogP contribution in [0.2, 0.25) is 0 Å². The molecule has 1 aromatic rings. The molecule has 1 N–H and O–H groups in total. The summed E-state index contributed by atoms with van der Waals surface area (Å²) >= 11 is 0. The Kier molecular flexibility index (Phi) is 5.20. The highest BCUT2D eigenvalue weighted by molar-refractivity contribution is 7.89. The van der Waals surface area contributed by atoms with Crippen molar-refractivity contribution in [3.63, 3.8) is 0 Å². The lowest BCUT2D eigenvalue weighted by Crippen LogP contribution is -2.57. The Morgan fingerprint density at radius 3 is 2.55 bits per heavy atom. The molecule has 0 saturated carbocycles. The lowest BCUT2D eigenvalue weighted by atomic mass is 10.1. The molecule has 7 heteroatoms. The minimum atomic E-state index is -3.56. The average molecular weight is 326 g/mol. The molecule has 122 valence electrons. The third-order valence-electron chi connectivity index (χ3n) is 3.95. The second-order valence-electron chi connectivity index (χ2n) is 5.34. The summed E-state index contributed by atoms with van der Waals surface area (Å²) in [7, 11) is -3.56. The summed E-state index contributed by atoms with van der Waals surface area (Å²) in [4.78, 5) is 11.8. The number of carbonyl (C=O) groups excluding carboxylic acids is 1. The second-order valence-corrected chi connectivity index (χ2v) is 7.23. The Morgan fingerprint density at radius 2 is 1.95 bits per heavy atom. The summed E-state index contributed by atoms with van der Waals surface area (Å²) in [6.45, 7) is 6.94. The van der Waals surface area contributed by atoms with E-state index in [-0.39, 0.29) is 23.6 Å². The Labute approximate surface area is 131 Å². The number of rotatable bonds is 4. The van der Waals surface area contributed by atoms with Gasteiger partial charge in [-0.3, -0.25) is 0 Å². The van der Waals surface area contributed by atoms with E-state index in [1.165, 1.54) is 28.6 Å². The van der Waals surface area contributed by atoms with Crippen molar-refractivity contribution in [3.8, 4) is 0 Å². The Morgan fingerprint density at radius 1 is 1.32 bits per heavy atom. The maximum Gasteiger partial charge on any atom is 0.338 e. The first-order chi connectivity index (χ1) is 10.4. The van der Waals surface area contributed by atoms with Crippen LogP contribution < -0.4 is 5.32 Å². The van der Waals surface area contributed by atoms with Crippen LogP contribution >= 0.6 is 0 Å². The largest absolute Gasteiger partial charge is 0.462 e. The fraction of sp³-hybridized carbons (Fsp3) is 0.533. The second kappa shape index (κ2) is 6.76. The number of ether oxygens (including phenoxy) is 1. The van der Waals surface area contributed by atoms with Gasteiger partial charge in [-0.1, -0.05) is 0 Å². The fourth-order valence-electron chi connectivity index (χ4n) is 2.48. The number of hydrogen-bond acceptors (Lipinski definition) is 5. The maximum absolute atomic E-state index is 12.7. The number of esters is 1. The molecule has 1 aromatic carbocycles. The topological polar surface area (TPSA) is 75.7 Å². The summed E-state index contributed by atoms with van der Waals surface area (Å²) in [5, 5.41) is 3.26. The van der Waals surface area contributed by atoms with Crippen LogP contribution in [0.1, 0.15) is 31.1 Å². The van der Waals surface area contributed by atoms with Gasteiger partial charge in [0.2, 0.25) is 10.0 Å². The summed E-state index contributed by atoms with van der Waals surface area (Å²) in [6, 6.07) is 5.87. The molecule has 1 fully saturated rings. The Bertz CT molecular complexity index is 627. The van der Waals surface area contributed by atoms with Gasteiger partial charge in [-0.05, 0) is 45.0 Å². The lowest BCUT2D eigenvalue weighted by molar-refractivity contribution is 0.0526. The third kappa shape index (κ3) is 3.31. The van der Waals surface area contributed by atoms with E-state index in [1.54, 1.807) is 6.92 Å². The van der Waals surface area contributed by atoms with Gasteiger partial charge in [0.25, 0.3) is 0 Å². The van der Waals surface area contributed by atoms with Crippen LogP contribution in [0.25, 0.3) is 0 Å². The summed E-state index contributed by atoms with van der Waals surface area (Å²) in [5.74, 6) is -0.449. The smallest absolute Gasteiger partial charge is 0.338 e. The van der Waals surface area contributed by atoms with Crippen molar-refractivity contribution >= 4 is 16.0 Å². The number of piperazine rings is 1. The molecule has 2 rings (SSSR count). The van der Waals surface area contributed by atoms with Crippen molar-refractivity contribution in [2.24, 2.45) is 0 Å². The van der Waals surface area contributed by atoms with Crippen molar-refractivity contribution in [2.45, 2.75) is 37.8 Å². The number of benzene rings is 1. The fourth-order valence-corrected chi connectivity index (χ4v) is 4.18. The van der Waals surface area contributed by atoms with Crippen LogP contribution in [0, 0.1) is 0 Å². The predicted octanol–water partition coefficient (Wildman–Crippen LogP) is 1.23. The molecule has 2 atom stereocenters. The number of hydrogen-bond donors (Lipinski definition) is 1. The molecular weight excluding hydrogens is 304 g/mol. The van der Waals surface area contributed by atoms with Gasteiger partial charge in [-0.2, -0.15) is 4.31 Å². The van der Waals surface area contributed by atoms with Crippen LogP contribution in [0.5, 0.6) is 0 Å². The molecule has 0 aliphatic carbocycles. The third-order valence-corrected chi connectivity index (χ3v) is 5.95. The van der Waals surface area contributed by atoms with Crippen molar-refractivity contribution in [2.75, 3.05) is 19.7 Å². The van der Waals surface area contributed by atoms with Crippen molar-refractivity contribution < 1.29 is 17.9 Å². The van der Waals surface area contributed by atoms with Crippen molar-refractivity contribution in [3.05, 3.63) is 29.8 Å². The zero-order valence-electron chi connectivity index (χ0n) is 13.1. The van der Waals surface area contributed by atoms with Gasteiger partial charge >= 0.3 is 5.97 Å². The molecule has 22 heavy (non-hydrogen) atoms. The molecule has 0 amide bonds. The molecule has 1 heterocycles. The minimum absolute atomic E-state index is 0.0994. The SMILES string of the molecule is CCOC(=O)c1ccc(S(=O)(=O)N2CCNC(C)C2C)cc1. The molecule has 0 aromatic heterocycles. The highest BCUT2D eigenvalue weighted by atomic mass is 32.2. The van der Waals surface area contributed by atoms with Crippen LogP contribution in [0.4, 0.5) is 0 Å². The van der Waals surface area contributed by atoms with Gasteiger partial charge in [-0.15, -0.1) is 0 Å². The molecule has 6 nitrogen and oxygen atoms in total. The molecular formula is C15H22N2O4S. The molecule has 1 aliphatic rings. The van der Waals surface area contributed by atoms with E-state index >= 15 is 0 Å². The predicted molar refractivity (Wildman–Crippen MR) is 83.2 cm³/mol. The molecule has 0 spiro atoms. The highest BCUT2D eigenvalue weighted by Crippen LogP contribution is 2.22. The summed E-state index contributed by atoms with van der Waals surface area (Å²) in [6.07, 6.45) is 0. The summed E-state index contributed by atoms with van der Waals surface area (Å²) in [5.41, 5.74) is 0.350. The standard InChI is InChI=1S/C15H22N2O4S/c1-4-21-15(18)13-5-7-14(8-6-13)22(19,20)17-10-9-16-11(2)12(17)3/h5-8,11-12,16H,4,9-10H2,1-3H3. The molecule has 1 aliphatic heterocycles. The van der Waals surface area contributed by atoms with Gasteiger partial charge < -0.3 is 10.1 Å². The van der Waals surface area contributed by atoms with Gasteiger partial charge in [0.1, 0.15) is 0 Å². The first-order valence-corrected chi connectivity index (χ1v) is 8.84. The number of nitrogens with zero attached hydrogens (tertiary/aromatic N) is 1. The monoisotopic (exact) mass is 326 g/mol. The molecule has 1 saturated heterocycles. The van der Waals surface area contributed by atoms with Gasteiger partial charge in [0, 0.05) is 25.2 Å². The van der Waals surface area contributed by atoms with Crippen LogP contribution in [-0.2, 0) is 14.8 Å². The molecule has 0 radical (unpaired) electrons.